The third kappa shape index (κ3) is 2.57. The molecule has 2 unspecified atom stereocenters. The minimum absolute atomic E-state index is 0.0466. The Balaban J connectivity index is 1.93. The fourth-order valence-corrected chi connectivity index (χ4v) is 1.95. The van der Waals surface area contributed by atoms with E-state index in [-0.39, 0.29) is 18.1 Å². The fraction of sp³-hybridized carbons (Fsp3) is 0.417. The van der Waals surface area contributed by atoms with Gasteiger partial charge < -0.3 is 10.4 Å². The first-order valence-corrected chi connectivity index (χ1v) is 5.29. The molecule has 3 nitrogen and oxygen atoms in total. The molecule has 1 aliphatic carbocycles. The molecule has 2 N–H and O–H groups in total. The molecule has 0 spiro atoms. The van der Waals surface area contributed by atoms with Gasteiger partial charge in [-0.1, -0.05) is 18.2 Å². The lowest BCUT2D eigenvalue weighted by molar-refractivity contribution is 0.0934. The third-order valence-electron chi connectivity index (χ3n) is 2.78. The molecular formula is C12H15NO2. The van der Waals surface area contributed by atoms with Crippen LogP contribution in [0.2, 0.25) is 0 Å². The maximum absolute atomic E-state index is 11.7. The van der Waals surface area contributed by atoms with Crippen molar-refractivity contribution in [3.05, 3.63) is 35.9 Å². The van der Waals surface area contributed by atoms with Crippen LogP contribution < -0.4 is 5.32 Å². The Kier molecular flexibility index (Phi) is 3.02. The molecule has 1 amide bonds. The Morgan fingerprint density at radius 3 is 2.60 bits per heavy atom. The largest absolute Gasteiger partial charge is 0.393 e. The normalized spacial score (nSPS) is 25.1. The van der Waals surface area contributed by atoms with Crippen LogP contribution >= 0.6 is 0 Å². The van der Waals surface area contributed by atoms with Crippen LogP contribution in [0.25, 0.3) is 0 Å². The highest BCUT2D eigenvalue weighted by Gasteiger charge is 2.24. The van der Waals surface area contributed by atoms with Gasteiger partial charge in [0.2, 0.25) is 0 Å². The van der Waals surface area contributed by atoms with Crippen molar-refractivity contribution < 1.29 is 9.90 Å². The Bertz CT molecular complexity index is 337. The summed E-state index contributed by atoms with van der Waals surface area (Å²) in [5, 5.41) is 12.3. The highest BCUT2D eigenvalue weighted by Crippen LogP contribution is 2.19. The van der Waals surface area contributed by atoms with Gasteiger partial charge in [-0.05, 0) is 31.4 Å². The fourth-order valence-electron chi connectivity index (χ4n) is 1.95. The van der Waals surface area contributed by atoms with Crippen LogP contribution in [0.3, 0.4) is 0 Å². The van der Waals surface area contributed by atoms with Gasteiger partial charge in [-0.25, -0.2) is 0 Å². The van der Waals surface area contributed by atoms with E-state index < -0.39 is 0 Å². The van der Waals surface area contributed by atoms with E-state index in [2.05, 4.69) is 5.32 Å². The zero-order valence-electron chi connectivity index (χ0n) is 8.52. The van der Waals surface area contributed by atoms with Crippen LogP contribution in [0.15, 0.2) is 30.3 Å². The van der Waals surface area contributed by atoms with Crippen LogP contribution in [0, 0.1) is 0 Å². The molecule has 0 radical (unpaired) electrons. The summed E-state index contributed by atoms with van der Waals surface area (Å²) in [4.78, 5) is 11.7. The zero-order chi connectivity index (χ0) is 10.7. The zero-order valence-corrected chi connectivity index (χ0v) is 8.52. The predicted molar refractivity (Wildman–Crippen MR) is 57.6 cm³/mol. The molecule has 1 aliphatic rings. The Hall–Kier alpha value is -1.35. The number of hydrogen-bond acceptors (Lipinski definition) is 2. The molecule has 0 aliphatic heterocycles. The van der Waals surface area contributed by atoms with Crippen LogP contribution in [-0.2, 0) is 0 Å². The quantitative estimate of drug-likeness (QED) is 0.765. The summed E-state index contributed by atoms with van der Waals surface area (Å²) in [7, 11) is 0. The van der Waals surface area contributed by atoms with Gasteiger partial charge >= 0.3 is 0 Å². The maximum atomic E-state index is 11.7. The Morgan fingerprint density at radius 1 is 1.27 bits per heavy atom. The van der Waals surface area contributed by atoms with E-state index in [9.17, 15) is 9.90 Å². The second-order valence-corrected chi connectivity index (χ2v) is 4.00. The highest BCUT2D eigenvalue weighted by atomic mass is 16.3. The summed E-state index contributed by atoms with van der Waals surface area (Å²) < 4.78 is 0. The van der Waals surface area contributed by atoms with Crippen LogP contribution in [0.1, 0.15) is 29.6 Å². The van der Waals surface area contributed by atoms with Crippen molar-refractivity contribution in [1.82, 2.24) is 5.32 Å². The van der Waals surface area contributed by atoms with Gasteiger partial charge in [-0.3, -0.25) is 4.79 Å². The molecule has 0 bridgehead atoms. The third-order valence-corrected chi connectivity index (χ3v) is 2.78. The molecule has 80 valence electrons. The number of carbonyl (C=O) groups is 1. The SMILES string of the molecule is O=C(NC1CCC(O)C1)c1ccccc1. The van der Waals surface area contributed by atoms with Gasteiger partial charge in [-0.2, -0.15) is 0 Å². The smallest absolute Gasteiger partial charge is 0.251 e. The second kappa shape index (κ2) is 4.45. The van der Waals surface area contributed by atoms with E-state index in [1.54, 1.807) is 12.1 Å². The molecule has 1 aromatic rings. The van der Waals surface area contributed by atoms with Crippen molar-refractivity contribution >= 4 is 5.91 Å². The first-order valence-electron chi connectivity index (χ1n) is 5.29. The van der Waals surface area contributed by atoms with E-state index in [1.807, 2.05) is 18.2 Å². The van der Waals surface area contributed by atoms with Crippen molar-refractivity contribution in [1.29, 1.82) is 0 Å². The number of nitrogens with one attached hydrogen (secondary N) is 1. The van der Waals surface area contributed by atoms with E-state index in [0.717, 1.165) is 12.8 Å². The monoisotopic (exact) mass is 205 g/mol. The summed E-state index contributed by atoms with van der Waals surface area (Å²) in [5.74, 6) is -0.0466. The summed E-state index contributed by atoms with van der Waals surface area (Å²) in [6.45, 7) is 0. The topological polar surface area (TPSA) is 49.3 Å². The van der Waals surface area contributed by atoms with Crippen molar-refractivity contribution in [2.45, 2.75) is 31.4 Å². The number of carbonyl (C=O) groups excluding carboxylic acids is 1. The van der Waals surface area contributed by atoms with E-state index in [4.69, 9.17) is 0 Å². The number of aliphatic hydroxyl groups excluding tert-OH is 1. The number of benzene rings is 1. The van der Waals surface area contributed by atoms with Crippen molar-refractivity contribution in [3.8, 4) is 0 Å². The second-order valence-electron chi connectivity index (χ2n) is 4.00. The molecule has 0 saturated heterocycles. The Labute approximate surface area is 89.1 Å². The van der Waals surface area contributed by atoms with Crippen LogP contribution in [0.4, 0.5) is 0 Å². The number of aliphatic hydroxyl groups is 1. The average molecular weight is 205 g/mol. The maximum Gasteiger partial charge on any atom is 0.251 e. The molecule has 1 saturated carbocycles. The van der Waals surface area contributed by atoms with Gasteiger partial charge in [-0.15, -0.1) is 0 Å². The molecule has 1 aromatic carbocycles. The lowest BCUT2D eigenvalue weighted by atomic mass is 10.2. The first-order chi connectivity index (χ1) is 7.25. The summed E-state index contributed by atoms with van der Waals surface area (Å²) in [6.07, 6.45) is 2.10. The summed E-state index contributed by atoms with van der Waals surface area (Å²) >= 11 is 0. The molecule has 1 fully saturated rings. The van der Waals surface area contributed by atoms with E-state index >= 15 is 0 Å². The minimum Gasteiger partial charge on any atom is -0.393 e. The molecule has 15 heavy (non-hydrogen) atoms. The van der Waals surface area contributed by atoms with E-state index in [0.29, 0.717) is 12.0 Å². The average Bonchev–Trinajstić information content (AvgIpc) is 2.65. The highest BCUT2D eigenvalue weighted by molar-refractivity contribution is 5.94. The molecule has 2 atom stereocenters. The van der Waals surface area contributed by atoms with Crippen LogP contribution in [-0.4, -0.2) is 23.2 Å². The van der Waals surface area contributed by atoms with Gasteiger partial charge in [0.1, 0.15) is 0 Å². The lowest BCUT2D eigenvalue weighted by Gasteiger charge is -2.11. The minimum atomic E-state index is -0.244. The van der Waals surface area contributed by atoms with Gasteiger partial charge in [0, 0.05) is 11.6 Å². The number of rotatable bonds is 2. The molecule has 0 heterocycles. The number of amides is 1. The van der Waals surface area contributed by atoms with Gasteiger partial charge in [0.05, 0.1) is 6.10 Å². The molecule has 3 heteroatoms. The first kappa shape index (κ1) is 10.2. The standard InChI is InChI=1S/C12H15NO2/c14-11-7-6-10(8-11)13-12(15)9-4-2-1-3-5-9/h1-5,10-11,14H,6-8H2,(H,13,15). The lowest BCUT2D eigenvalue weighted by Crippen LogP contribution is -2.33. The molecule has 2 rings (SSSR count). The van der Waals surface area contributed by atoms with Crippen LogP contribution in [0.5, 0.6) is 0 Å². The van der Waals surface area contributed by atoms with Crippen molar-refractivity contribution in [3.63, 3.8) is 0 Å². The molecule has 0 aromatic heterocycles. The van der Waals surface area contributed by atoms with Crippen molar-refractivity contribution in [2.75, 3.05) is 0 Å². The van der Waals surface area contributed by atoms with Gasteiger partial charge in [0.25, 0.3) is 5.91 Å². The summed E-state index contributed by atoms with van der Waals surface area (Å²) in [5.41, 5.74) is 0.680. The van der Waals surface area contributed by atoms with E-state index in [1.165, 1.54) is 0 Å². The Morgan fingerprint density at radius 2 is 2.00 bits per heavy atom. The number of hydrogen-bond donors (Lipinski definition) is 2. The van der Waals surface area contributed by atoms with Crippen molar-refractivity contribution in [2.24, 2.45) is 0 Å². The molecular weight excluding hydrogens is 190 g/mol. The predicted octanol–water partition coefficient (Wildman–Crippen LogP) is 1.33. The van der Waals surface area contributed by atoms with Gasteiger partial charge in [0.15, 0.2) is 0 Å². The summed E-state index contributed by atoms with van der Waals surface area (Å²) in [6, 6.07) is 9.29.